The van der Waals surface area contributed by atoms with Gasteiger partial charge >= 0.3 is 0 Å². The summed E-state index contributed by atoms with van der Waals surface area (Å²) >= 11 is 1.33. The van der Waals surface area contributed by atoms with E-state index in [-0.39, 0.29) is 0 Å². The van der Waals surface area contributed by atoms with Gasteiger partial charge in [0.05, 0.1) is 0 Å². The summed E-state index contributed by atoms with van der Waals surface area (Å²) in [5.74, 6) is 1.20. The highest BCUT2D eigenvalue weighted by molar-refractivity contribution is 7.09. The Balaban J connectivity index is 1.93. The molecule has 5 heteroatoms. The fraction of sp³-hybridized carbons (Fsp3) is 0.714. The van der Waals surface area contributed by atoms with E-state index in [0.717, 1.165) is 11.0 Å². The highest BCUT2D eigenvalue weighted by Crippen LogP contribution is 2.34. The standard InChI is InChI=1S/C7H12N4S/c1-4(5-2-3-5)9-7-10-6(8)11-12-7/h4-5H,2-3H2,1H3,(H3,8,9,10,11). The second-order valence-corrected chi connectivity index (χ2v) is 3.98. The van der Waals surface area contributed by atoms with Crippen molar-refractivity contribution in [1.82, 2.24) is 9.36 Å². The van der Waals surface area contributed by atoms with Gasteiger partial charge in [-0.2, -0.15) is 9.36 Å². The molecule has 1 aromatic heterocycles. The van der Waals surface area contributed by atoms with E-state index in [1.54, 1.807) is 0 Å². The van der Waals surface area contributed by atoms with Gasteiger partial charge in [-0.15, -0.1) is 0 Å². The molecule has 1 aliphatic carbocycles. The molecule has 1 heterocycles. The molecule has 1 aromatic rings. The molecule has 12 heavy (non-hydrogen) atoms. The van der Waals surface area contributed by atoms with Crippen molar-refractivity contribution in [3.8, 4) is 0 Å². The molecule has 1 aliphatic rings. The zero-order valence-electron chi connectivity index (χ0n) is 6.95. The van der Waals surface area contributed by atoms with E-state index in [0.29, 0.717) is 12.0 Å². The van der Waals surface area contributed by atoms with Crippen LogP contribution >= 0.6 is 11.5 Å². The SMILES string of the molecule is CC(Nc1nc(N)ns1)C1CC1. The summed E-state index contributed by atoms with van der Waals surface area (Å²) in [6.45, 7) is 2.18. The normalized spacial score (nSPS) is 19.1. The number of rotatable bonds is 3. The average molecular weight is 184 g/mol. The van der Waals surface area contributed by atoms with Crippen molar-refractivity contribution < 1.29 is 0 Å². The van der Waals surface area contributed by atoms with Gasteiger partial charge in [-0.1, -0.05) is 0 Å². The first-order valence-corrected chi connectivity index (χ1v) is 4.89. The van der Waals surface area contributed by atoms with Crippen molar-refractivity contribution in [1.29, 1.82) is 0 Å². The van der Waals surface area contributed by atoms with Crippen LogP contribution in [-0.4, -0.2) is 15.4 Å². The monoisotopic (exact) mass is 184 g/mol. The van der Waals surface area contributed by atoms with Gasteiger partial charge in [0.1, 0.15) is 0 Å². The lowest BCUT2D eigenvalue weighted by atomic mass is 10.2. The summed E-state index contributed by atoms with van der Waals surface area (Å²) < 4.78 is 3.90. The zero-order chi connectivity index (χ0) is 8.55. The first kappa shape index (κ1) is 7.79. The Morgan fingerprint density at radius 3 is 2.92 bits per heavy atom. The average Bonchev–Trinajstić information content (AvgIpc) is 2.78. The van der Waals surface area contributed by atoms with Gasteiger partial charge in [-0.25, -0.2) is 0 Å². The summed E-state index contributed by atoms with van der Waals surface area (Å²) in [5.41, 5.74) is 5.39. The van der Waals surface area contributed by atoms with Crippen molar-refractivity contribution in [2.45, 2.75) is 25.8 Å². The largest absolute Gasteiger partial charge is 0.367 e. The van der Waals surface area contributed by atoms with Crippen molar-refractivity contribution in [2.24, 2.45) is 5.92 Å². The molecular formula is C7H12N4S. The number of nitrogens with two attached hydrogens (primary N) is 1. The number of nitrogen functional groups attached to an aromatic ring is 1. The van der Waals surface area contributed by atoms with Gasteiger partial charge in [0.15, 0.2) is 0 Å². The van der Waals surface area contributed by atoms with Crippen LogP contribution < -0.4 is 11.1 Å². The number of hydrogen-bond acceptors (Lipinski definition) is 5. The molecule has 1 atom stereocenters. The molecule has 4 nitrogen and oxygen atoms in total. The van der Waals surface area contributed by atoms with E-state index < -0.39 is 0 Å². The van der Waals surface area contributed by atoms with E-state index >= 15 is 0 Å². The van der Waals surface area contributed by atoms with Crippen LogP contribution in [0.2, 0.25) is 0 Å². The second-order valence-electron chi connectivity index (χ2n) is 3.23. The van der Waals surface area contributed by atoms with Crippen LogP contribution in [0.3, 0.4) is 0 Å². The third kappa shape index (κ3) is 1.66. The highest BCUT2D eigenvalue weighted by Gasteiger charge is 2.28. The molecule has 0 radical (unpaired) electrons. The molecule has 0 aromatic carbocycles. The predicted molar refractivity (Wildman–Crippen MR) is 50.1 cm³/mol. The molecule has 2 rings (SSSR count). The Bertz CT molecular complexity index is 268. The Kier molecular flexibility index (Phi) is 1.88. The van der Waals surface area contributed by atoms with Crippen LogP contribution in [0.4, 0.5) is 11.1 Å². The maximum atomic E-state index is 5.39. The van der Waals surface area contributed by atoms with Crippen molar-refractivity contribution in [3.63, 3.8) is 0 Å². The molecule has 0 spiro atoms. The molecule has 1 unspecified atom stereocenters. The summed E-state index contributed by atoms with van der Waals surface area (Å²) in [7, 11) is 0. The summed E-state index contributed by atoms with van der Waals surface area (Å²) in [6.07, 6.45) is 2.67. The van der Waals surface area contributed by atoms with E-state index in [9.17, 15) is 0 Å². The Morgan fingerprint density at radius 2 is 2.42 bits per heavy atom. The zero-order valence-corrected chi connectivity index (χ0v) is 7.77. The summed E-state index contributed by atoms with van der Waals surface area (Å²) in [4.78, 5) is 4.03. The van der Waals surface area contributed by atoms with Gasteiger partial charge in [0, 0.05) is 17.6 Å². The van der Waals surface area contributed by atoms with Crippen LogP contribution in [0.1, 0.15) is 19.8 Å². The molecule has 0 saturated heterocycles. The fourth-order valence-corrected chi connectivity index (χ4v) is 1.80. The highest BCUT2D eigenvalue weighted by atomic mass is 32.1. The van der Waals surface area contributed by atoms with Crippen LogP contribution in [0.5, 0.6) is 0 Å². The van der Waals surface area contributed by atoms with Gasteiger partial charge in [-0.05, 0) is 25.7 Å². The fourth-order valence-electron chi connectivity index (χ4n) is 1.20. The van der Waals surface area contributed by atoms with E-state index in [2.05, 4.69) is 21.6 Å². The van der Waals surface area contributed by atoms with Crippen molar-refractivity contribution >= 4 is 22.6 Å². The van der Waals surface area contributed by atoms with Crippen molar-refractivity contribution in [2.75, 3.05) is 11.1 Å². The predicted octanol–water partition coefficient (Wildman–Crippen LogP) is 1.33. The summed E-state index contributed by atoms with van der Waals surface area (Å²) in [6, 6.07) is 0.511. The van der Waals surface area contributed by atoms with E-state index in [1.165, 1.54) is 24.4 Å². The minimum absolute atomic E-state index is 0.366. The first-order chi connectivity index (χ1) is 5.75. The molecule has 1 fully saturated rings. The van der Waals surface area contributed by atoms with Crippen LogP contribution in [0.15, 0.2) is 0 Å². The van der Waals surface area contributed by atoms with Crippen LogP contribution in [0, 0.1) is 5.92 Å². The van der Waals surface area contributed by atoms with Crippen molar-refractivity contribution in [3.05, 3.63) is 0 Å². The Morgan fingerprint density at radius 1 is 1.67 bits per heavy atom. The molecule has 0 bridgehead atoms. The van der Waals surface area contributed by atoms with E-state index in [4.69, 9.17) is 5.73 Å². The first-order valence-electron chi connectivity index (χ1n) is 4.11. The quantitative estimate of drug-likeness (QED) is 0.744. The lowest BCUT2D eigenvalue weighted by Gasteiger charge is -2.09. The van der Waals surface area contributed by atoms with Crippen LogP contribution in [0.25, 0.3) is 0 Å². The van der Waals surface area contributed by atoms with Gasteiger partial charge in [0.2, 0.25) is 11.1 Å². The Labute approximate surface area is 75.4 Å². The second kappa shape index (κ2) is 2.90. The van der Waals surface area contributed by atoms with Gasteiger partial charge in [-0.3, -0.25) is 0 Å². The van der Waals surface area contributed by atoms with E-state index in [1.807, 2.05) is 0 Å². The lowest BCUT2D eigenvalue weighted by Crippen LogP contribution is -2.16. The topological polar surface area (TPSA) is 63.8 Å². The molecule has 0 amide bonds. The molecule has 66 valence electrons. The number of hydrogen-bond donors (Lipinski definition) is 2. The maximum Gasteiger partial charge on any atom is 0.233 e. The Hall–Kier alpha value is -0.840. The molecule has 0 aliphatic heterocycles. The molecule has 1 saturated carbocycles. The minimum Gasteiger partial charge on any atom is -0.367 e. The third-order valence-corrected chi connectivity index (χ3v) is 2.78. The third-order valence-electron chi connectivity index (χ3n) is 2.12. The molecule has 3 N–H and O–H groups in total. The maximum absolute atomic E-state index is 5.39. The smallest absolute Gasteiger partial charge is 0.233 e. The molecular weight excluding hydrogens is 172 g/mol. The van der Waals surface area contributed by atoms with Crippen LogP contribution in [-0.2, 0) is 0 Å². The lowest BCUT2D eigenvalue weighted by molar-refractivity contribution is 0.693. The number of anilines is 2. The van der Waals surface area contributed by atoms with Gasteiger partial charge < -0.3 is 11.1 Å². The minimum atomic E-state index is 0.366. The summed E-state index contributed by atoms with van der Waals surface area (Å²) in [5, 5.41) is 4.13. The van der Waals surface area contributed by atoms with Gasteiger partial charge in [0.25, 0.3) is 0 Å². The number of nitrogens with zero attached hydrogens (tertiary/aromatic N) is 2. The number of aromatic nitrogens is 2. The number of nitrogens with one attached hydrogen (secondary N) is 1.